The van der Waals surface area contributed by atoms with Crippen LogP contribution in [0, 0.1) is 5.41 Å². The maximum Gasteiger partial charge on any atom is 0.333 e. The predicted octanol–water partition coefficient (Wildman–Crippen LogP) is 1.93. The molecule has 1 atom stereocenters. The smallest absolute Gasteiger partial charge is 0.333 e. The second kappa shape index (κ2) is 4.10. The highest BCUT2D eigenvalue weighted by Gasteiger charge is 2.50. The predicted molar refractivity (Wildman–Crippen MR) is 60.8 cm³/mol. The maximum absolute atomic E-state index is 10.7. The van der Waals surface area contributed by atoms with Crippen molar-refractivity contribution in [3.8, 4) is 0 Å². The summed E-state index contributed by atoms with van der Waals surface area (Å²) in [7, 11) is 0. The fraction of sp³-hybridized carbons (Fsp3) is 0.308. The highest BCUT2D eigenvalue weighted by Crippen LogP contribution is 2.50. The number of aliphatic hydroxyl groups is 1. The van der Waals surface area contributed by atoms with E-state index in [-0.39, 0.29) is 0 Å². The van der Waals surface area contributed by atoms with E-state index in [0.717, 1.165) is 18.4 Å². The first-order chi connectivity index (χ1) is 7.64. The molecule has 0 heterocycles. The van der Waals surface area contributed by atoms with Gasteiger partial charge < -0.3 is 10.2 Å². The molecule has 0 amide bonds. The van der Waals surface area contributed by atoms with Gasteiger partial charge in [0, 0.05) is 5.41 Å². The fourth-order valence-electron chi connectivity index (χ4n) is 1.75. The van der Waals surface area contributed by atoms with Crippen molar-refractivity contribution < 1.29 is 15.0 Å². The van der Waals surface area contributed by atoms with Gasteiger partial charge in [-0.15, -0.1) is 0 Å². The minimum Gasteiger partial charge on any atom is -0.479 e. The zero-order valence-corrected chi connectivity index (χ0v) is 8.84. The molecule has 16 heavy (non-hydrogen) atoms. The third-order valence-electron chi connectivity index (χ3n) is 3.01. The van der Waals surface area contributed by atoms with Crippen molar-refractivity contribution in [1.82, 2.24) is 0 Å². The number of carboxylic acids is 1. The van der Waals surface area contributed by atoms with Crippen LogP contribution in [-0.4, -0.2) is 22.3 Å². The number of hydrogen-bond acceptors (Lipinski definition) is 2. The van der Waals surface area contributed by atoms with Crippen molar-refractivity contribution in [2.24, 2.45) is 5.41 Å². The molecule has 1 aliphatic rings. The molecule has 0 saturated heterocycles. The average Bonchev–Trinajstić information content (AvgIpc) is 3.08. The summed E-state index contributed by atoms with van der Waals surface area (Å²) in [6.45, 7) is 0. The van der Waals surface area contributed by atoms with Gasteiger partial charge in [0.1, 0.15) is 0 Å². The number of rotatable bonds is 4. The van der Waals surface area contributed by atoms with E-state index in [0.29, 0.717) is 0 Å². The second-order valence-corrected chi connectivity index (χ2v) is 4.22. The number of benzene rings is 1. The Kier molecular flexibility index (Phi) is 2.79. The Bertz CT molecular complexity index is 404. The van der Waals surface area contributed by atoms with Crippen LogP contribution in [0.1, 0.15) is 18.4 Å². The molecule has 2 N–H and O–H groups in total. The third-order valence-corrected chi connectivity index (χ3v) is 3.01. The minimum atomic E-state index is -1.28. The molecule has 3 nitrogen and oxygen atoms in total. The molecule has 0 spiro atoms. The first-order valence-electron chi connectivity index (χ1n) is 5.29. The van der Waals surface area contributed by atoms with E-state index in [9.17, 15) is 9.90 Å². The first kappa shape index (κ1) is 10.9. The quantitative estimate of drug-likeness (QED) is 0.811. The molecule has 1 aromatic carbocycles. The average molecular weight is 218 g/mol. The van der Waals surface area contributed by atoms with Gasteiger partial charge in [-0.25, -0.2) is 4.79 Å². The summed E-state index contributed by atoms with van der Waals surface area (Å²) in [4.78, 5) is 10.7. The van der Waals surface area contributed by atoms with Gasteiger partial charge in [0.2, 0.25) is 0 Å². The number of aliphatic carboxylic acids is 1. The van der Waals surface area contributed by atoms with Crippen LogP contribution in [0.5, 0.6) is 0 Å². The Morgan fingerprint density at radius 3 is 2.44 bits per heavy atom. The molecule has 0 bridgehead atoms. The summed E-state index contributed by atoms with van der Waals surface area (Å²) in [5.74, 6) is -1.14. The summed E-state index contributed by atoms with van der Waals surface area (Å²) in [5.41, 5.74) is 0.480. The zero-order valence-electron chi connectivity index (χ0n) is 8.84. The number of carbonyl (C=O) groups is 1. The van der Waals surface area contributed by atoms with Crippen LogP contribution < -0.4 is 0 Å². The molecule has 84 valence electrons. The van der Waals surface area contributed by atoms with Crippen molar-refractivity contribution in [1.29, 1.82) is 0 Å². The first-order valence-corrected chi connectivity index (χ1v) is 5.29. The van der Waals surface area contributed by atoms with E-state index in [4.69, 9.17) is 5.11 Å². The van der Waals surface area contributed by atoms with Gasteiger partial charge in [-0.2, -0.15) is 0 Å². The summed E-state index contributed by atoms with van der Waals surface area (Å²) < 4.78 is 0. The van der Waals surface area contributed by atoms with E-state index in [1.165, 1.54) is 0 Å². The summed E-state index contributed by atoms with van der Waals surface area (Å²) in [6, 6.07) is 9.66. The molecular formula is C13H14O3. The van der Waals surface area contributed by atoms with Crippen molar-refractivity contribution in [2.75, 3.05) is 0 Å². The molecular weight excluding hydrogens is 204 g/mol. The monoisotopic (exact) mass is 218 g/mol. The molecule has 1 fully saturated rings. The Hall–Kier alpha value is -1.61. The molecule has 1 aliphatic carbocycles. The Labute approximate surface area is 94.0 Å². The van der Waals surface area contributed by atoms with E-state index in [1.54, 1.807) is 0 Å². The van der Waals surface area contributed by atoms with Crippen LogP contribution in [0.2, 0.25) is 0 Å². The SMILES string of the molecule is O=C(O)C(O)C1(/C=C/c2ccccc2)CC1. The normalized spacial score (nSPS) is 19.6. The van der Waals surface area contributed by atoms with Crippen LogP contribution in [0.15, 0.2) is 36.4 Å². The van der Waals surface area contributed by atoms with Crippen molar-refractivity contribution in [2.45, 2.75) is 18.9 Å². The number of hydrogen-bond donors (Lipinski definition) is 2. The number of aliphatic hydroxyl groups excluding tert-OH is 1. The molecule has 0 radical (unpaired) electrons. The van der Waals surface area contributed by atoms with E-state index < -0.39 is 17.5 Å². The van der Waals surface area contributed by atoms with Gasteiger partial charge in [0.25, 0.3) is 0 Å². The lowest BCUT2D eigenvalue weighted by Gasteiger charge is -2.13. The van der Waals surface area contributed by atoms with Gasteiger partial charge >= 0.3 is 5.97 Å². The van der Waals surface area contributed by atoms with Gasteiger partial charge in [-0.3, -0.25) is 0 Å². The second-order valence-electron chi connectivity index (χ2n) is 4.22. The standard InChI is InChI=1S/C13H14O3/c14-11(12(15)16)13(8-9-13)7-6-10-4-2-1-3-5-10/h1-7,11,14H,8-9H2,(H,15,16)/b7-6+. The zero-order chi connectivity index (χ0) is 11.6. The summed E-state index contributed by atoms with van der Waals surface area (Å²) in [5, 5.41) is 18.3. The minimum absolute atomic E-state index is 0.540. The molecule has 0 aromatic heterocycles. The van der Waals surface area contributed by atoms with Crippen LogP contribution in [0.4, 0.5) is 0 Å². The van der Waals surface area contributed by atoms with Gasteiger partial charge in [-0.1, -0.05) is 42.5 Å². The lowest BCUT2D eigenvalue weighted by Crippen LogP contribution is -2.29. The molecule has 1 saturated carbocycles. The topological polar surface area (TPSA) is 57.5 Å². The van der Waals surface area contributed by atoms with Crippen LogP contribution in [0.3, 0.4) is 0 Å². The lowest BCUT2D eigenvalue weighted by molar-refractivity contribution is -0.149. The lowest BCUT2D eigenvalue weighted by atomic mass is 9.97. The highest BCUT2D eigenvalue weighted by atomic mass is 16.4. The van der Waals surface area contributed by atoms with Gasteiger partial charge in [0.05, 0.1) is 0 Å². The molecule has 3 heteroatoms. The third kappa shape index (κ3) is 2.14. The summed E-state index contributed by atoms with van der Waals surface area (Å²) in [6.07, 6.45) is 3.89. The van der Waals surface area contributed by atoms with Crippen molar-refractivity contribution in [3.63, 3.8) is 0 Å². The molecule has 0 aliphatic heterocycles. The number of carboxylic acid groups (broad SMARTS) is 1. The van der Waals surface area contributed by atoms with E-state index in [2.05, 4.69) is 0 Å². The largest absolute Gasteiger partial charge is 0.479 e. The molecule has 2 rings (SSSR count). The maximum atomic E-state index is 10.7. The van der Waals surface area contributed by atoms with Crippen LogP contribution >= 0.6 is 0 Å². The van der Waals surface area contributed by atoms with Crippen LogP contribution in [0.25, 0.3) is 6.08 Å². The van der Waals surface area contributed by atoms with Crippen LogP contribution in [-0.2, 0) is 4.79 Å². The van der Waals surface area contributed by atoms with Crippen molar-refractivity contribution >= 4 is 12.0 Å². The summed E-state index contributed by atoms with van der Waals surface area (Å²) >= 11 is 0. The molecule has 1 aromatic rings. The van der Waals surface area contributed by atoms with Gasteiger partial charge in [-0.05, 0) is 18.4 Å². The molecule has 1 unspecified atom stereocenters. The Morgan fingerprint density at radius 2 is 1.94 bits per heavy atom. The van der Waals surface area contributed by atoms with Crippen molar-refractivity contribution in [3.05, 3.63) is 42.0 Å². The highest BCUT2D eigenvalue weighted by molar-refractivity contribution is 5.75. The van der Waals surface area contributed by atoms with E-state index >= 15 is 0 Å². The Balaban J connectivity index is 2.10. The fourth-order valence-corrected chi connectivity index (χ4v) is 1.75. The van der Waals surface area contributed by atoms with Gasteiger partial charge in [0.15, 0.2) is 6.10 Å². The Morgan fingerprint density at radius 1 is 1.31 bits per heavy atom. The van der Waals surface area contributed by atoms with E-state index in [1.807, 2.05) is 42.5 Å².